The predicted molar refractivity (Wildman–Crippen MR) is 113 cm³/mol. The second-order valence-electron chi connectivity index (χ2n) is 6.91. The van der Waals surface area contributed by atoms with Crippen LogP contribution in [0.1, 0.15) is 0 Å². The summed E-state index contributed by atoms with van der Waals surface area (Å²) < 4.78 is 18.7. The molecule has 30 heavy (non-hydrogen) atoms. The molecule has 2 heterocycles. The number of nitrogens with zero attached hydrogens (tertiary/aromatic N) is 4. The Bertz CT molecular complexity index is 1040. The number of urea groups is 1. The zero-order valence-corrected chi connectivity index (χ0v) is 16.6. The normalized spacial score (nSPS) is 13.8. The topological polar surface area (TPSA) is 70.6 Å². The predicted octanol–water partition coefficient (Wildman–Crippen LogP) is 3.65. The molecule has 0 unspecified atom stereocenters. The van der Waals surface area contributed by atoms with Crippen molar-refractivity contribution in [2.75, 3.05) is 43.5 Å². The molecule has 0 atom stereocenters. The number of aromatic nitrogens is 2. The Labute approximate surface area is 174 Å². The first kappa shape index (κ1) is 19.6. The highest BCUT2D eigenvalue weighted by molar-refractivity contribution is 5.89. The molecule has 0 radical (unpaired) electrons. The highest BCUT2D eigenvalue weighted by Gasteiger charge is 2.22. The smallest absolute Gasteiger partial charge is 0.321 e. The van der Waals surface area contributed by atoms with Gasteiger partial charge in [0.15, 0.2) is 0 Å². The highest BCUT2D eigenvalue weighted by Crippen LogP contribution is 2.23. The maximum Gasteiger partial charge on any atom is 0.321 e. The average Bonchev–Trinajstić information content (AvgIpc) is 2.79. The first-order chi connectivity index (χ1) is 14.6. The van der Waals surface area contributed by atoms with Crippen LogP contribution < -0.4 is 15.0 Å². The molecule has 7 nitrogen and oxygen atoms in total. The lowest BCUT2D eigenvalue weighted by molar-refractivity contribution is 0.208. The SMILES string of the molecule is COc1cccc(NC(=O)N2CCN(c3cc(-c4cccc(F)c4)ncn3)CC2)c1. The molecule has 1 aromatic heterocycles. The van der Waals surface area contributed by atoms with Gasteiger partial charge in [0.25, 0.3) is 0 Å². The average molecular weight is 407 g/mol. The number of anilines is 2. The van der Waals surface area contributed by atoms with Crippen molar-refractivity contribution in [3.05, 3.63) is 66.7 Å². The molecule has 0 spiro atoms. The van der Waals surface area contributed by atoms with Crippen LogP contribution in [0.25, 0.3) is 11.3 Å². The van der Waals surface area contributed by atoms with Crippen molar-refractivity contribution in [1.82, 2.24) is 14.9 Å². The molecule has 1 aliphatic rings. The van der Waals surface area contributed by atoms with Crippen molar-refractivity contribution in [3.8, 4) is 17.0 Å². The molecule has 154 valence electrons. The van der Waals surface area contributed by atoms with Gasteiger partial charge in [-0.3, -0.25) is 0 Å². The number of benzene rings is 2. The molecule has 0 saturated carbocycles. The van der Waals surface area contributed by atoms with Crippen LogP contribution in [0.15, 0.2) is 60.9 Å². The van der Waals surface area contributed by atoms with Crippen LogP contribution >= 0.6 is 0 Å². The number of hydrogen-bond acceptors (Lipinski definition) is 5. The first-order valence-electron chi connectivity index (χ1n) is 9.65. The van der Waals surface area contributed by atoms with Gasteiger partial charge in [0.05, 0.1) is 12.8 Å². The summed E-state index contributed by atoms with van der Waals surface area (Å²) in [6, 6.07) is 15.3. The monoisotopic (exact) mass is 407 g/mol. The Morgan fingerprint density at radius 2 is 1.83 bits per heavy atom. The van der Waals surface area contributed by atoms with Crippen LogP contribution in [0, 0.1) is 5.82 Å². The maximum absolute atomic E-state index is 13.5. The summed E-state index contributed by atoms with van der Waals surface area (Å²) in [4.78, 5) is 25.1. The Morgan fingerprint density at radius 3 is 2.60 bits per heavy atom. The Balaban J connectivity index is 1.38. The lowest BCUT2D eigenvalue weighted by atomic mass is 10.1. The van der Waals surface area contributed by atoms with Gasteiger partial charge >= 0.3 is 6.03 Å². The second-order valence-corrected chi connectivity index (χ2v) is 6.91. The zero-order chi connectivity index (χ0) is 20.9. The number of carbonyl (C=O) groups is 1. The summed E-state index contributed by atoms with van der Waals surface area (Å²) in [5.41, 5.74) is 2.06. The number of rotatable bonds is 4. The number of halogens is 1. The number of piperazine rings is 1. The van der Waals surface area contributed by atoms with Crippen molar-refractivity contribution < 1.29 is 13.9 Å². The van der Waals surface area contributed by atoms with Gasteiger partial charge in [0, 0.05) is 49.6 Å². The largest absolute Gasteiger partial charge is 0.497 e. The van der Waals surface area contributed by atoms with Gasteiger partial charge < -0.3 is 19.9 Å². The Morgan fingerprint density at radius 1 is 1.03 bits per heavy atom. The van der Waals surface area contributed by atoms with E-state index in [-0.39, 0.29) is 11.8 Å². The standard InChI is InChI=1S/C22H22FN5O2/c1-30-19-7-3-6-18(13-19)26-22(29)28-10-8-27(9-11-28)21-14-20(24-15-25-21)16-4-2-5-17(23)12-16/h2-7,12-15H,8-11H2,1H3,(H,26,29). The summed E-state index contributed by atoms with van der Waals surface area (Å²) in [5, 5.41) is 2.90. The molecule has 2 amide bonds. The van der Waals surface area contributed by atoms with Crippen molar-refractivity contribution >= 4 is 17.5 Å². The van der Waals surface area contributed by atoms with E-state index in [1.54, 1.807) is 24.1 Å². The van der Waals surface area contributed by atoms with Crippen LogP contribution in [-0.2, 0) is 0 Å². The minimum absolute atomic E-state index is 0.147. The summed E-state index contributed by atoms with van der Waals surface area (Å²) in [7, 11) is 1.59. The molecule has 2 aromatic carbocycles. The fraction of sp³-hybridized carbons (Fsp3) is 0.227. The van der Waals surface area contributed by atoms with Gasteiger partial charge in [0.2, 0.25) is 0 Å². The molecule has 1 aliphatic heterocycles. The zero-order valence-electron chi connectivity index (χ0n) is 16.6. The van der Waals surface area contributed by atoms with Crippen LogP contribution in [0.4, 0.5) is 20.7 Å². The van der Waals surface area contributed by atoms with Gasteiger partial charge in [-0.2, -0.15) is 0 Å². The van der Waals surface area contributed by atoms with E-state index < -0.39 is 0 Å². The van der Waals surface area contributed by atoms with Gasteiger partial charge in [0.1, 0.15) is 23.7 Å². The Hall–Kier alpha value is -3.68. The van der Waals surface area contributed by atoms with Crippen molar-refractivity contribution in [2.24, 2.45) is 0 Å². The minimum atomic E-state index is -0.302. The van der Waals surface area contributed by atoms with Crippen molar-refractivity contribution in [1.29, 1.82) is 0 Å². The molecular formula is C22H22FN5O2. The van der Waals surface area contributed by atoms with Gasteiger partial charge in [-0.15, -0.1) is 0 Å². The van der Waals surface area contributed by atoms with Gasteiger partial charge in [-0.05, 0) is 24.3 Å². The maximum atomic E-state index is 13.5. The van der Waals surface area contributed by atoms with E-state index in [1.807, 2.05) is 30.3 Å². The van der Waals surface area contributed by atoms with E-state index >= 15 is 0 Å². The number of nitrogens with one attached hydrogen (secondary N) is 1. The summed E-state index contributed by atoms with van der Waals surface area (Å²) in [6.45, 7) is 2.42. The van der Waals surface area contributed by atoms with Crippen LogP contribution in [0.3, 0.4) is 0 Å². The third-order valence-corrected chi connectivity index (χ3v) is 4.98. The molecule has 1 fully saturated rings. The lowest BCUT2D eigenvalue weighted by Gasteiger charge is -2.35. The molecule has 3 aromatic rings. The number of amides is 2. The molecule has 4 rings (SSSR count). The number of hydrogen-bond donors (Lipinski definition) is 1. The summed E-state index contributed by atoms with van der Waals surface area (Å²) >= 11 is 0. The van der Waals surface area contributed by atoms with Crippen LogP contribution in [0.2, 0.25) is 0 Å². The second kappa shape index (κ2) is 8.77. The van der Waals surface area contributed by atoms with Crippen molar-refractivity contribution in [2.45, 2.75) is 0 Å². The Kier molecular flexibility index (Phi) is 5.74. The molecule has 1 N–H and O–H groups in total. The molecule has 0 aliphatic carbocycles. The van der Waals surface area contributed by atoms with Crippen LogP contribution in [0.5, 0.6) is 5.75 Å². The third kappa shape index (κ3) is 4.48. The number of carbonyl (C=O) groups excluding carboxylic acids is 1. The molecule has 1 saturated heterocycles. The lowest BCUT2D eigenvalue weighted by Crippen LogP contribution is -2.50. The van der Waals surface area contributed by atoms with E-state index in [9.17, 15) is 9.18 Å². The quantitative estimate of drug-likeness (QED) is 0.715. The van der Waals surface area contributed by atoms with Crippen molar-refractivity contribution in [3.63, 3.8) is 0 Å². The fourth-order valence-corrected chi connectivity index (χ4v) is 3.37. The van der Waals surface area contributed by atoms with E-state index in [2.05, 4.69) is 20.2 Å². The summed E-state index contributed by atoms with van der Waals surface area (Å²) in [5.74, 6) is 1.15. The highest BCUT2D eigenvalue weighted by atomic mass is 19.1. The van der Waals surface area contributed by atoms with E-state index in [0.717, 1.165) is 5.82 Å². The minimum Gasteiger partial charge on any atom is -0.497 e. The number of ether oxygens (including phenoxy) is 1. The molecule has 8 heteroatoms. The van der Waals surface area contributed by atoms with E-state index in [1.165, 1.54) is 18.5 Å². The molecule has 0 bridgehead atoms. The fourth-order valence-electron chi connectivity index (χ4n) is 3.37. The van der Waals surface area contributed by atoms with Crippen LogP contribution in [-0.4, -0.2) is 54.2 Å². The van der Waals surface area contributed by atoms with Gasteiger partial charge in [-0.25, -0.2) is 19.2 Å². The summed E-state index contributed by atoms with van der Waals surface area (Å²) in [6.07, 6.45) is 1.48. The van der Waals surface area contributed by atoms with E-state index in [0.29, 0.717) is 48.9 Å². The van der Waals surface area contributed by atoms with Gasteiger partial charge in [-0.1, -0.05) is 18.2 Å². The third-order valence-electron chi connectivity index (χ3n) is 4.98. The number of methoxy groups -OCH3 is 1. The first-order valence-corrected chi connectivity index (χ1v) is 9.65. The van der Waals surface area contributed by atoms with E-state index in [4.69, 9.17) is 4.74 Å². The molecular weight excluding hydrogens is 385 g/mol.